The van der Waals surface area contributed by atoms with E-state index in [1.165, 1.54) is 0 Å². The maximum absolute atomic E-state index is 12.7. The van der Waals surface area contributed by atoms with Gasteiger partial charge in [0, 0.05) is 10.9 Å². The van der Waals surface area contributed by atoms with E-state index >= 15 is 0 Å². The highest BCUT2D eigenvalue weighted by Crippen LogP contribution is 2.43. The molecule has 7 heteroatoms. The van der Waals surface area contributed by atoms with Gasteiger partial charge in [-0.05, 0) is 29.7 Å². The summed E-state index contributed by atoms with van der Waals surface area (Å²) in [6, 6.07) is 7.51. The molecule has 1 heterocycles. The first kappa shape index (κ1) is 19.1. The van der Waals surface area contributed by atoms with Crippen LogP contribution in [0.5, 0.6) is 17.2 Å². The molecule has 1 aliphatic heterocycles. The fourth-order valence-corrected chi connectivity index (χ4v) is 3.15. The highest BCUT2D eigenvalue weighted by atomic mass is 35.5. The number of nitrogens with zero attached hydrogens (tertiary/aromatic N) is 1. The molecule has 1 saturated heterocycles. The second-order valence-corrected chi connectivity index (χ2v) is 5.74. The zero-order valence-electron chi connectivity index (χ0n) is 14.7. The molecule has 6 nitrogen and oxygen atoms in total. The molecule has 0 spiro atoms. The Kier molecular flexibility index (Phi) is 6.33. The molecule has 136 valence electrons. The van der Waals surface area contributed by atoms with E-state index in [9.17, 15) is 4.79 Å². The number of amides is 1. The normalized spacial score (nSPS) is 14.0. The number of ether oxygens (including phenoxy) is 3. The number of halogens is 1. The summed E-state index contributed by atoms with van der Waals surface area (Å²) in [7, 11) is 4.76. The molecule has 1 aliphatic rings. The van der Waals surface area contributed by atoms with E-state index < -0.39 is 0 Å². The molecule has 2 aromatic carbocycles. The van der Waals surface area contributed by atoms with Crippen LogP contribution in [-0.4, -0.2) is 58.3 Å². The van der Waals surface area contributed by atoms with Crippen LogP contribution < -0.4 is 31.9 Å². The van der Waals surface area contributed by atoms with Crippen LogP contribution in [0.4, 0.5) is 0 Å². The Bertz CT molecular complexity index is 760. The van der Waals surface area contributed by atoms with Gasteiger partial charge in [-0.3, -0.25) is 4.79 Å². The van der Waals surface area contributed by atoms with Crippen LogP contribution in [0.1, 0.15) is 10.4 Å². The molecule has 0 radical (unpaired) electrons. The van der Waals surface area contributed by atoms with E-state index in [0.29, 0.717) is 22.8 Å². The van der Waals surface area contributed by atoms with Crippen molar-refractivity contribution in [2.75, 3.05) is 47.5 Å². The molecule has 25 heavy (non-hydrogen) atoms. The van der Waals surface area contributed by atoms with Crippen LogP contribution in [-0.2, 0) is 0 Å². The van der Waals surface area contributed by atoms with Gasteiger partial charge in [-0.1, -0.05) is 0 Å². The number of hydrogen-bond acceptors (Lipinski definition) is 4. The van der Waals surface area contributed by atoms with Crippen molar-refractivity contribution in [2.24, 2.45) is 0 Å². The first-order chi connectivity index (χ1) is 11.7. The summed E-state index contributed by atoms with van der Waals surface area (Å²) in [6.07, 6.45) is 0. The molecule has 0 atom stereocenters. The fourth-order valence-electron chi connectivity index (χ4n) is 3.15. The molecule has 0 unspecified atom stereocenters. The number of carbonyl (C=O) groups is 1. The lowest BCUT2D eigenvalue weighted by Crippen LogP contribution is -3.00. The zero-order chi connectivity index (χ0) is 17.1. The Morgan fingerprint density at radius 1 is 1.00 bits per heavy atom. The lowest BCUT2D eigenvalue weighted by molar-refractivity contribution is -0.661. The number of methoxy groups -OCH3 is 3. The fraction of sp³-hybridized carbons (Fsp3) is 0.389. The molecule has 0 saturated carbocycles. The van der Waals surface area contributed by atoms with Gasteiger partial charge in [-0.15, -0.1) is 0 Å². The summed E-state index contributed by atoms with van der Waals surface area (Å²) in [6.45, 7) is 3.48. The molecule has 0 aromatic heterocycles. The summed E-state index contributed by atoms with van der Waals surface area (Å²) in [5.41, 5.74) is 0.679. The topological polar surface area (TPSA) is 64.6 Å². The third-order valence-electron chi connectivity index (χ3n) is 4.38. The summed E-state index contributed by atoms with van der Waals surface area (Å²) in [4.78, 5) is 14.6. The number of quaternary nitrogens is 1. The lowest BCUT2D eigenvalue weighted by Gasteiger charge is -2.25. The molecule has 2 aromatic rings. The van der Waals surface area contributed by atoms with Crippen molar-refractivity contribution in [1.82, 2.24) is 4.90 Å². The Morgan fingerprint density at radius 2 is 1.68 bits per heavy atom. The van der Waals surface area contributed by atoms with Gasteiger partial charge < -0.3 is 36.8 Å². The maximum Gasteiger partial charge on any atom is 0.254 e. The molecular formula is C18H23ClN2O4. The monoisotopic (exact) mass is 366 g/mol. The third kappa shape index (κ3) is 3.60. The summed E-state index contributed by atoms with van der Waals surface area (Å²) in [5, 5.41) is 4.00. The van der Waals surface area contributed by atoms with Gasteiger partial charge >= 0.3 is 0 Å². The van der Waals surface area contributed by atoms with Crippen molar-refractivity contribution in [3.05, 3.63) is 29.8 Å². The molecule has 3 rings (SSSR count). The van der Waals surface area contributed by atoms with Crippen LogP contribution in [0.2, 0.25) is 0 Å². The predicted octanol–water partition coefficient (Wildman–Crippen LogP) is -2.11. The SMILES string of the molecule is COc1cc2cc(C(=O)N3CC[NH2+]CC3)ccc2c(OC)c1OC.[Cl-]. The Morgan fingerprint density at radius 3 is 2.28 bits per heavy atom. The van der Waals surface area contributed by atoms with Crippen molar-refractivity contribution < 1.29 is 36.7 Å². The van der Waals surface area contributed by atoms with E-state index in [0.717, 1.165) is 37.0 Å². The second-order valence-electron chi connectivity index (χ2n) is 5.74. The van der Waals surface area contributed by atoms with Gasteiger partial charge in [0.25, 0.3) is 5.91 Å². The number of nitrogens with two attached hydrogens (primary N) is 1. The smallest absolute Gasteiger partial charge is 0.254 e. The van der Waals surface area contributed by atoms with Crippen molar-refractivity contribution >= 4 is 16.7 Å². The molecule has 2 N–H and O–H groups in total. The van der Waals surface area contributed by atoms with Crippen molar-refractivity contribution in [1.29, 1.82) is 0 Å². The second kappa shape index (κ2) is 8.27. The molecular weight excluding hydrogens is 344 g/mol. The van der Waals surface area contributed by atoms with E-state index in [1.54, 1.807) is 21.3 Å². The molecule has 1 fully saturated rings. The Hall–Kier alpha value is -2.18. The molecule has 0 aliphatic carbocycles. The summed E-state index contributed by atoms with van der Waals surface area (Å²) in [5.74, 6) is 1.81. The van der Waals surface area contributed by atoms with Crippen molar-refractivity contribution in [3.63, 3.8) is 0 Å². The number of benzene rings is 2. The average molecular weight is 367 g/mol. The summed E-state index contributed by atoms with van der Waals surface area (Å²) >= 11 is 0. The van der Waals surface area contributed by atoms with Gasteiger partial charge in [-0.25, -0.2) is 0 Å². The summed E-state index contributed by atoms with van der Waals surface area (Å²) < 4.78 is 16.3. The quantitative estimate of drug-likeness (QED) is 0.672. The average Bonchev–Trinajstić information content (AvgIpc) is 2.65. The van der Waals surface area contributed by atoms with Crippen LogP contribution >= 0.6 is 0 Å². The van der Waals surface area contributed by atoms with Crippen molar-refractivity contribution in [2.45, 2.75) is 0 Å². The lowest BCUT2D eigenvalue weighted by atomic mass is 10.0. The Balaban J connectivity index is 0.00000225. The van der Waals surface area contributed by atoms with E-state index in [1.807, 2.05) is 29.2 Å². The Labute approximate surface area is 153 Å². The standard InChI is InChI=1S/C18H22N2O4.ClH/c1-22-15-11-13-10-12(18(21)20-8-6-19-7-9-20)4-5-14(13)16(23-2)17(15)24-3;/h4-5,10-11,19H,6-9H2,1-3H3;1H. The van der Waals surface area contributed by atoms with Crippen LogP contribution in [0, 0.1) is 0 Å². The van der Waals surface area contributed by atoms with E-state index in [2.05, 4.69) is 5.32 Å². The zero-order valence-corrected chi connectivity index (χ0v) is 15.4. The highest BCUT2D eigenvalue weighted by molar-refractivity contribution is 6.01. The van der Waals surface area contributed by atoms with E-state index in [4.69, 9.17) is 14.2 Å². The minimum atomic E-state index is 0. The number of fused-ring (bicyclic) bond motifs is 1. The minimum Gasteiger partial charge on any atom is -1.00 e. The van der Waals surface area contributed by atoms with Crippen LogP contribution in [0.15, 0.2) is 24.3 Å². The van der Waals surface area contributed by atoms with Gasteiger partial charge in [0.2, 0.25) is 5.75 Å². The van der Waals surface area contributed by atoms with Gasteiger partial charge in [0.05, 0.1) is 47.5 Å². The number of rotatable bonds is 4. The minimum absolute atomic E-state index is 0. The maximum atomic E-state index is 12.7. The van der Waals surface area contributed by atoms with Crippen molar-refractivity contribution in [3.8, 4) is 17.2 Å². The van der Waals surface area contributed by atoms with E-state index in [-0.39, 0.29) is 18.3 Å². The largest absolute Gasteiger partial charge is 1.00 e. The number of carbonyl (C=O) groups excluding carboxylic acids is 1. The van der Waals surface area contributed by atoms with Gasteiger partial charge in [0.15, 0.2) is 11.5 Å². The first-order valence-corrected chi connectivity index (χ1v) is 8.03. The predicted molar refractivity (Wildman–Crippen MR) is 91.2 cm³/mol. The molecule has 1 amide bonds. The highest BCUT2D eigenvalue weighted by Gasteiger charge is 2.21. The first-order valence-electron chi connectivity index (χ1n) is 8.03. The van der Waals surface area contributed by atoms with Crippen LogP contribution in [0.25, 0.3) is 10.8 Å². The number of hydrogen-bond donors (Lipinski definition) is 1. The van der Waals surface area contributed by atoms with Gasteiger partial charge in [-0.2, -0.15) is 0 Å². The van der Waals surface area contributed by atoms with Gasteiger partial charge in [0.1, 0.15) is 0 Å². The third-order valence-corrected chi connectivity index (χ3v) is 4.38. The number of piperazine rings is 1. The molecule has 0 bridgehead atoms. The van der Waals surface area contributed by atoms with Crippen LogP contribution in [0.3, 0.4) is 0 Å².